The monoisotopic (exact) mass is 561 g/mol. The average molecular weight is 562 g/mol. The second kappa shape index (κ2) is 11.7. The number of fused-ring (bicyclic) bond motifs is 1. The van der Waals surface area contributed by atoms with Crippen LogP contribution in [-0.2, 0) is 9.53 Å². The van der Waals surface area contributed by atoms with Gasteiger partial charge in [0.25, 0.3) is 5.91 Å². The lowest BCUT2D eigenvalue weighted by molar-refractivity contribution is -0.125. The summed E-state index contributed by atoms with van der Waals surface area (Å²) in [5.74, 6) is 0.906. The zero-order valence-electron chi connectivity index (χ0n) is 23.5. The number of aryl methyl sites for hydroxylation is 1. The molecule has 1 N–H and O–H groups in total. The number of hydrogen-bond acceptors (Lipinski definition) is 7. The molecule has 0 radical (unpaired) electrons. The van der Waals surface area contributed by atoms with Crippen LogP contribution in [0.25, 0.3) is 5.82 Å². The highest BCUT2D eigenvalue weighted by Gasteiger charge is 2.42. The number of nitrogens with zero attached hydrogens (tertiary/aromatic N) is 6. The summed E-state index contributed by atoms with van der Waals surface area (Å²) in [5, 5.41) is 7.73. The minimum Gasteiger partial charge on any atom is -0.381 e. The van der Waals surface area contributed by atoms with Crippen molar-refractivity contribution in [1.82, 2.24) is 34.9 Å². The summed E-state index contributed by atoms with van der Waals surface area (Å²) in [6, 6.07) is 6.22. The van der Waals surface area contributed by atoms with Crippen LogP contribution in [-0.4, -0.2) is 87.3 Å². The molecule has 0 aliphatic carbocycles. The van der Waals surface area contributed by atoms with E-state index in [0.717, 1.165) is 30.9 Å². The Morgan fingerprint density at radius 1 is 1.15 bits per heavy atom. The number of ether oxygens (including phenoxy) is 1. The van der Waals surface area contributed by atoms with Crippen LogP contribution >= 0.6 is 0 Å². The minimum atomic E-state index is -0.306. The predicted octanol–water partition coefficient (Wildman–Crippen LogP) is 2.71. The molecule has 41 heavy (non-hydrogen) atoms. The first-order chi connectivity index (χ1) is 19.9. The van der Waals surface area contributed by atoms with Gasteiger partial charge in [0.2, 0.25) is 5.91 Å². The Bertz CT molecular complexity index is 1390. The second-order valence-corrected chi connectivity index (χ2v) is 11.5. The molecule has 3 aliphatic heterocycles. The quantitative estimate of drug-likeness (QED) is 0.451. The van der Waals surface area contributed by atoms with Crippen molar-refractivity contribution in [3.05, 3.63) is 71.2 Å². The first-order valence-corrected chi connectivity index (χ1v) is 14.3. The van der Waals surface area contributed by atoms with Crippen LogP contribution in [0.15, 0.2) is 42.9 Å². The third kappa shape index (κ3) is 5.73. The van der Waals surface area contributed by atoms with Gasteiger partial charge in [0, 0.05) is 51.7 Å². The van der Waals surface area contributed by atoms with Gasteiger partial charge in [0.05, 0.1) is 41.7 Å². The van der Waals surface area contributed by atoms with Crippen LogP contribution in [0, 0.1) is 37.4 Å². The van der Waals surface area contributed by atoms with Crippen LogP contribution in [0.2, 0.25) is 0 Å². The third-order valence-corrected chi connectivity index (χ3v) is 8.72. The molecule has 1 aromatic carbocycles. The largest absolute Gasteiger partial charge is 0.381 e. The number of hydrogen-bond donors (Lipinski definition) is 1. The van der Waals surface area contributed by atoms with Crippen molar-refractivity contribution >= 4 is 11.8 Å². The summed E-state index contributed by atoms with van der Waals surface area (Å²) in [7, 11) is 0. The molecule has 5 heterocycles. The maximum atomic E-state index is 14.0. The molecule has 10 nitrogen and oxygen atoms in total. The molecule has 216 valence electrons. The lowest BCUT2D eigenvalue weighted by Gasteiger charge is -2.25. The second-order valence-electron chi connectivity index (χ2n) is 11.5. The van der Waals surface area contributed by atoms with Gasteiger partial charge in [0.1, 0.15) is 5.82 Å². The summed E-state index contributed by atoms with van der Waals surface area (Å²) < 4.78 is 21.1. The van der Waals surface area contributed by atoms with Gasteiger partial charge in [-0.1, -0.05) is 12.1 Å². The molecular weight excluding hydrogens is 525 g/mol. The van der Waals surface area contributed by atoms with Crippen molar-refractivity contribution in [2.75, 3.05) is 45.9 Å². The zero-order valence-corrected chi connectivity index (χ0v) is 23.5. The molecule has 3 saturated heterocycles. The lowest BCUT2D eigenvalue weighted by Crippen LogP contribution is -2.37. The summed E-state index contributed by atoms with van der Waals surface area (Å²) in [5.41, 5.74) is 2.86. The number of likely N-dealkylation sites (tertiary alicyclic amines) is 2. The molecule has 3 unspecified atom stereocenters. The number of rotatable bonds is 8. The Balaban J connectivity index is 1.07. The fourth-order valence-electron chi connectivity index (χ4n) is 6.56. The molecule has 6 rings (SSSR count). The number of aromatic nitrogens is 4. The Morgan fingerprint density at radius 2 is 1.95 bits per heavy atom. The summed E-state index contributed by atoms with van der Waals surface area (Å²) in [6.45, 7) is 8.79. The highest BCUT2D eigenvalue weighted by Crippen LogP contribution is 2.33. The third-order valence-electron chi connectivity index (χ3n) is 8.72. The Labute approximate surface area is 238 Å². The smallest absolute Gasteiger partial charge is 0.257 e. The molecule has 2 amide bonds. The van der Waals surface area contributed by atoms with E-state index in [1.807, 2.05) is 24.8 Å². The Morgan fingerprint density at radius 3 is 2.63 bits per heavy atom. The van der Waals surface area contributed by atoms with Crippen molar-refractivity contribution < 1.29 is 18.7 Å². The van der Waals surface area contributed by atoms with E-state index in [-0.39, 0.29) is 29.6 Å². The SMILES string of the molecule is Cc1nn(-c2cnccn2)c(C)c1C(=O)N1CC2CN(CC[C@H](NC(=O)C3CCOC3)c3cccc(F)c3)CC2C1. The highest BCUT2D eigenvalue weighted by molar-refractivity contribution is 5.96. The van der Waals surface area contributed by atoms with Gasteiger partial charge in [0.15, 0.2) is 5.82 Å². The van der Waals surface area contributed by atoms with E-state index >= 15 is 0 Å². The van der Waals surface area contributed by atoms with Gasteiger partial charge in [-0.25, -0.2) is 14.1 Å². The van der Waals surface area contributed by atoms with Crippen LogP contribution in [0.5, 0.6) is 0 Å². The maximum Gasteiger partial charge on any atom is 0.257 e. The van der Waals surface area contributed by atoms with Crippen LogP contribution in [0.4, 0.5) is 4.39 Å². The number of carbonyl (C=O) groups is 2. The summed E-state index contributed by atoms with van der Waals surface area (Å²) in [6.07, 6.45) is 6.25. The fraction of sp³-hybridized carbons (Fsp3) is 0.500. The number of halogens is 1. The first kappa shape index (κ1) is 27.5. The maximum absolute atomic E-state index is 14.0. The molecular formula is C30H36FN7O3. The molecule has 0 bridgehead atoms. The van der Waals surface area contributed by atoms with E-state index in [1.165, 1.54) is 12.1 Å². The summed E-state index contributed by atoms with van der Waals surface area (Å²) >= 11 is 0. The predicted molar refractivity (Wildman–Crippen MR) is 149 cm³/mol. The standard InChI is InChI=1S/C30H36FN7O3/c1-19-28(20(2)38(35-19)27-13-32-8-9-33-27)30(40)37-16-23-14-36(15-24(23)17-37)10-6-26(21-4-3-5-25(31)12-21)34-29(39)22-7-11-41-18-22/h3-5,8-9,12-13,22-24,26H,6-7,10-11,14-18H2,1-2H3,(H,34,39)/t22?,23?,24?,26-/m0/s1. The van der Waals surface area contributed by atoms with E-state index in [0.29, 0.717) is 68.1 Å². The van der Waals surface area contributed by atoms with E-state index in [4.69, 9.17) is 4.74 Å². The van der Waals surface area contributed by atoms with Crippen molar-refractivity contribution in [2.45, 2.75) is 32.7 Å². The lowest BCUT2D eigenvalue weighted by atomic mass is 10.0. The van der Waals surface area contributed by atoms with Crippen LogP contribution < -0.4 is 5.32 Å². The van der Waals surface area contributed by atoms with E-state index in [9.17, 15) is 14.0 Å². The van der Waals surface area contributed by atoms with E-state index < -0.39 is 0 Å². The van der Waals surface area contributed by atoms with Gasteiger partial charge < -0.3 is 19.9 Å². The molecule has 0 spiro atoms. The topological polar surface area (TPSA) is 105 Å². The Hall–Kier alpha value is -3.70. The van der Waals surface area contributed by atoms with Crippen molar-refractivity contribution in [2.24, 2.45) is 17.8 Å². The van der Waals surface area contributed by atoms with Crippen molar-refractivity contribution in [3.63, 3.8) is 0 Å². The zero-order chi connectivity index (χ0) is 28.5. The van der Waals surface area contributed by atoms with Gasteiger partial charge >= 0.3 is 0 Å². The van der Waals surface area contributed by atoms with Gasteiger partial charge in [-0.05, 0) is 56.2 Å². The van der Waals surface area contributed by atoms with E-state index in [2.05, 4.69) is 25.3 Å². The minimum absolute atomic E-state index is 0.0147. The van der Waals surface area contributed by atoms with Gasteiger partial charge in [-0.3, -0.25) is 14.6 Å². The molecule has 3 aliphatic rings. The van der Waals surface area contributed by atoms with Crippen LogP contribution in [0.3, 0.4) is 0 Å². The first-order valence-electron chi connectivity index (χ1n) is 14.3. The van der Waals surface area contributed by atoms with Crippen molar-refractivity contribution in [1.29, 1.82) is 0 Å². The average Bonchev–Trinajstić information content (AvgIpc) is 3.75. The van der Waals surface area contributed by atoms with Gasteiger partial charge in [-0.15, -0.1) is 0 Å². The van der Waals surface area contributed by atoms with E-state index in [1.54, 1.807) is 29.3 Å². The molecule has 11 heteroatoms. The molecule has 3 fully saturated rings. The van der Waals surface area contributed by atoms with Gasteiger partial charge in [-0.2, -0.15) is 5.10 Å². The fourth-order valence-corrected chi connectivity index (χ4v) is 6.56. The number of amides is 2. The Kier molecular flexibility index (Phi) is 7.81. The molecule has 3 aromatic rings. The number of benzene rings is 1. The summed E-state index contributed by atoms with van der Waals surface area (Å²) in [4.78, 5) is 39.3. The molecule has 2 aromatic heterocycles. The number of carbonyl (C=O) groups excluding carboxylic acids is 2. The normalized spacial score (nSPS) is 23.1. The number of nitrogens with one attached hydrogen (secondary N) is 1. The molecule has 0 saturated carbocycles. The highest BCUT2D eigenvalue weighted by atomic mass is 19.1. The molecule has 4 atom stereocenters. The van der Waals surface area contributed by atoms with Crippen molar-refractivity contribution in [3.8, 4) is 5.82 Å². The van der Waals surface area contributed by atoms with Crippen LogP contribution in [0.1, 0.15) is 46.2 Å².